The molecule has 1 heterocycles. The number of likely N-dealkylation sites (tertiary alicyclic amines) is 1. The van der Waals surface area contributed by atoms with Gasteiger partial charge in [-0.15, -0.1) is 0 Å². The van der Waals surface area contributed by atoms with E-state index < -0.39 is 0 Å². The molecule has 0 radical (unpaired) electrons. The molecule has 2 amide bonds. The summed E-state index contributed by atoms with van der Waals surface area (Å²) in [6.07, 6.45) is 2.00. The zero-order valence-electron chi connectivity index (χ0n) is 10.8. The van der Waals surface area contributed by atoms with E-state index in [-0.39, 0.29) is 23.1 Å². The zero-order valence-corrected chi connectivity index (χ0v) is 10.8. The summed E-state index contributed by atoms with van der Waals surface area (Å²) in [6.45, 7) is 7.17. The fourth-order valence-corrected chi connectivity index (χ4v) is 2.12. The van der Waals surface area contributed by atoms with E-state index in [1.807, 2.05) is 25.7 Å². The molecule has 17 heavy (non-hydrogen) atoms. The van der Waals surface area contributed by atoms with E-state index in [1.54, 1.807) is 5.48 Å². The van der Waals surface area contributed by atoms with Gasteiger partial charge in [-0.2, -0.15) is 0 Å². The highest BCUT2D eigenvalue weighted by Gasteiger charge is 2.30. The summed E-state index contributed by atoms with van der Waals surface area (Å²) in [5.41, 5.74) is 1.31. The normalized spacial score (nSPS) is 18.0. The number of piperidine rings is 1. The molecule has 0 saturated carbocycles. The van der Waals surface area contributed by atoms with Gasteiger partial charge >= 0.3 is 0 Å². The van der Waals surface area contributed by atoms with Gasteiger partial charge in [-0.05, 0) is 18.8 Å². The molecule has 0 unspecified atom stereocenters. The molecule has 0 aromatic rings. The van der Waals surface area contributed by atoms with Crippen LogP contribution in [0.5, 0.6) is 0 Å². The number of amides is 2. The van der Waals surface area contributed by atoms with Crippen LogP contribution in [0.1, 0.15) is 40.0 Å². The van der Waals surface area contributed by atoms with Crippen LogP contribution in [0.3, 0.4) is 0 Å². The third-order valence-corrected chi connectivity index (χ3v) is 3.14. The van der Waals surface area contributed by atoms with Crippen LogP contribution in [-0.4, -0.2) is 35.0 Å². The van der Waals surface area contributed by atoms with Crippen molar-refractivity contribution in [3.8, 4) is 0 Å². The topological polar surface area (TPSA) is 69.6 Å². The maximum absolute atomic E-state index is 12.0. The van der Waals surface area contributed by atoms with Crippen molar-refractivity contribution in [2.45, 2.75) is 40.0 Å². The number of hydrogen-bond donors (Lipinski definition) is 2. The van der Waals surface area contributed by atoms with E-state index >= 15 is 0 Å². The minimum atomic E-state index is -0.342. The van der Waals surface area contributed by atoms with Crippen molar-refractivity contribution in [2.24, 2.45) is 11.3 Å². The Labute approximate surface area is 102 Å². The molecule has 1 fully saturated rings. The average molecular weight is 242 g/mol. The molecule has 0 spiro atoms. The summed E-state index contributed by atoms with van der Waals surface area (Å²) in [7, 11) is 0. The number of nitrogens with one attached hydrogen (secondary N) is 1. The quantitative estimate of drug-likeness (QED) is 0.564. The van der Waals surface area contributed by atoms with Crippen LogP contribution in [0.4, 0.5) is 0 Å². The predicted molar refractivity (Wildman–Crippen MR) is 63.3 cm³/mol. The SMILES string of the molecule is CC(C)(C)C(=O)N1CCC(CC(=O)NO)CC1. The lowest BCUT2D eigenvalue weighted by atomic mass is 9.89. The van der Waals surface area contributed by atoms with Crippen molar-refractivity contribution < 1.29 is 14.8 Å². The lowest BCUT2D eigenvalue weighted by molar-refractivity contribution is -0.141. The van der Waals surface area contributed by atoms with Crippen molar-refractivity contribution in [3.63, 3.8) is 0 Å². The van der Waals surface area contributed by atoms with E-state index in [4.69, 9.17) is 5.21 Å². The Kier molecular flexibility index (Phi) is 4.51. The lowest BCUT2D eigenvalue weighted by Gasteiger charge is -2.35. The molecule has 0 bridgehead atoms. The van der Waals surface area contributed by atoms with Crippen LogP contribution in [0.15, 0.2) is 0 Å². The van der Waals surface area contributed by atoms with Gasteiger partial charge < -0.3 is 4.90 Å². The molecule has 0 aromatic carbocycles. The maximum Gasteiger partial charge on any atom is 0.243 e. The van der Waals surface area contributed by atoms with Crippen molar-refractivity contribution >= 4 is 11.8 Å². The van der Waals surface area contributed by atoms with E-state index in [0.717, 1.165) is 12.8 Å². The highest BCUT2D eigenvalue weighted by molar-refractivity contribution is 5.81. The van der Waals surface area contributed by atoms with Gasteiger partial charge in [0.25, 0.3) is 0 Å². The van der Waals surface area contributed by atoms with Crippen molar-refractivity contribution in [3.05, 3.63) is 0 Å². The van der Waals surface area contributed by atoms with E-state index in [9.17, 15) is 9.59 Å². The molecule has 2 N–H and O–H groups in total. The number of hydrogen-bond acceptors (Lipinski definition) is 3. The smallest absolute Gasteiger partial charge is 0.243 e. The first-order valence-electron chi connectivity index (χ1n) is 6.07. The van der Waals surface area contributed by atoms with Crippen molar-refractivity contribution in [1.29, 1.82) is 0 Å². The summed E-state index contributed by atoms with van der Waals surface area (Å²) in [4.78, 5) is 24.9. The van der Waals surface area contributed by atoms with Crippen LogP contribution in [0.2, 0.25) is 0 Å². The maximum atomic E-state index is 12.0. The fraction of sp³-hybridized carbons (Fsp3) is 0.833. The molecule has 1 aliphatic rings. The number of hydroxylamine groups is 1. The molecule has 0 aromatic heterocycles. The van der Waals surface area contributed by atoms with Crippen LogP contribution < -0.4 is 5.48 Å². The van der Waals surface area contributed by atoms with Gasteiger partial charge in [0.2, 0.25) is 11.8 Å². The first kappa shape index (κ1) is 14.0. The summed E-state index contributed by atoms with van der Waals surface area (Å²) in [5, 5.41) is 8.45. The van der Waals surface area contributed by atoms with Gasteiger partial charge in [0, 0.05) is 24.9 Å². The molecular weight excluding hydrogens is 220 g/mol. The van der Waals surface area contributed by atoms with Gasteiger partial charge in [0.1, 0.15) is 0 Å². The Bertz CT molecular complexity index is 289. The Morgan fingerprint density at radius 2 is 1.82 bits per heavy atom. The van der Waals surface area contributed by atoms with Crippen LogP contribution in [0, 0.1) is 11.3 Å². The standard InChI is InChI=1S/C12H22N2O3/c1-12(2,3)11(16)14-6-4-9(5-7-14)8-10(15)13-17/h9,17H,4-8H2,1-3H3,(H,13,15). The van der Waals surface area contributed by atoms with Crippen LogP contribution in [-0.2, 0) is 9.59 Å². The van der Waals surface area contributed by atoms with Gasteiger partial charge in [-0.1, -0.05) is 20.8 Å². The number of carbonyl (C=O) groups is 2. The third kappa shape index (κ3) is 4.00. The minimum absolute atomic E-state index is 0.169. The second kappa shape index (κ2) is 5.49. The van der Waals surface area contributed by atoms with Gasteiger partial charge in [0.05, 0.1) is 0 Å². The summed E-state index contributed by atoms with van der Waals surface area (Å²) in [6, 6.07) is 0. The predicted octanol–water partition coefficient (Wildman–Crippen LogP) is 1.17. The van der Waals surface area contributed by atoms with Crippen LogP contribution in [0.25, 0.3) is 0 Å². The number of nitrogens with zero attached hydrogens (tertiary/aromatic N) is 1. The monoisotopic (exact) mass is 242 g/mol. The van der Waals surface area contributed by atoms with E-state index in [1.165, 1.54) is 0 Å². The lowest BCUT2D eigenvalue weighted by Crippen LogP contribution is -2.44. The summed E-state index contributed by atoms with van der Waals surface area (Å²) < 4.78 is 0. The van der Waals surface area contributed by atoms with Crippen LogP contribution >= 0.6 is 0 Å². The fourth-order valence-electron chi connectivity index (χ4n) is 2.12. The third-order valence-electron chi connectivity index (χ3n) is 3.14. The first-order valence-corrected chi connectivity index (χ1v) is 6.07. The second-order valence-corrected chi connectivity index (χ2v) is 5.72. The zero-order chi connectivity index (χ0) is 13.1. The summed E-state index contributed by atoms with van der Waals surface area (Å²) >= 11 is 0. The molecule has 1 rings (SSSR count). The highest BCUT2D eigenvalue weighted by Crippen LogP contribution is 2.24. The molecular formula is C12H22N2O3. The van der Waals surface area contributed by atoms with Gasteiger partial charge in [0.15, 0.2) is 0 Å². The second-order valence-electron chi connectivity index (χ2n) is 5.72. The summed E-state index contributed by atoms with van der Waals surface area (Å²) in [5.74, 6) is 0.0966. The van der Waals surface area contributed by atoms with Gasteiger partial charge in [-0.25, -0.2) is 5.48 Å². The molecule has 1 aliphatic heterocycles. The van der Waals surface area contributed by atoms with Gasteiger partial charge in [-0.3, -0.25) is 14.8 Å². The largest absolute Gasteiger partial charge is 0.342 e. The van der Waals surface area contributed by atoms with E-state index in [2.05, 4.69) is 0 Å². The Morgan fingerprint density at radius 3 is 2.24 bits per heavy atom. The average Bonchev–Trinajstić information content (AvgIpc) is 2.27. The first-order chi connectivity index (χ1) is 7.84. The molecule has 5 heteroatoms. The van der Waals surface area contributed by atoms with Crippen molar-refractivity contribution in [1.82, 2.24) is 10.4 Å². The molecule has 1 saturated heterocycles. The highest BCUT2D eigenvalue weighted by atomic mass is 16.5. The minimum Gasteiger partial charge on any atom is -0.342 e. The number of carbonyl (C=O) groups excluding carboxylic acids is 2. The molecule has 0 atom stereocenters. The Balaban J connectivity index is 2.41. The molecule has 0 aliphatic carbocycles. The Hall–Kier alpha value is -1.10. The van der Waals surface area contributed by atoms with Crippen molar-refractivity contribution in [2.75, 3.05) is 13.1 Å². The van der Waals surface area contributed by atoms with E-state index in [0.29, 0.717) is 19.5 Å². The molecule has 98 valence electrons. The molecule has 5 nitrogen and oxygen atoms in total. The number of rotatable bonds is 2. The Morgan fingerprint density at radius 1 is 1.29 bits per heavy atom.